The Balaban J connectivity index is 1.43. The fraction of sp³-hybridized carbons (Fsp3) is 0.273. The molecule has 3 aromatic rings. The molecule has 1 N–H and O–H groups in total. The van der Waals surface area contributed by atoms with Gasteiger partial charge in [0.15, 0.2) is 0 Å². The van der Waals surface area contributed by atoms with Crippen LogP contribution in [0.2, 0.25) is 0 Å². The molecular formula is C22H23N5O2. The topological polar surface area (TPSA) is 80.1 Å². The molecule has 1 aliphatic rings. The Morgan fingerprint density at radius 2 is 2.00 bits per heavy atom. The largest absolute Gasteiger partial charge is 0.352 e. The average Bonchev–Trinajstić information content (AvgIpc) is 3.21. The smallest absolute Gasteiger partial charge is 0.261 e. The zero-order valence-corrected chi connectivity index (χ0v) is 16.3. The SMILES string of the molecule is CN(C(=O)c1cnn2c1CC(CNC(=O)c1cccnc1)CC2)c1ccccc1. The Morgan fingerprint density at radius 3 is 2.76 bits per heavy atom. The van der Waals surface area contributed by atoms with Gasteiger partial charge in [0, 0.05) is 38.2 Å². The number of benzene rings is 1. The first-order valence-corrected chi connectivity index (χ1v) is 9.69. The van der Waals surface area contributed by atoms with Crippen LogP contribution in [0.15, 0.2) is 61.1 Å². The van der Waals surface area contributed by atoms with E-state index in [0.29, 0.717) is 24.1 Å². The number of para-hydroxylation sites is 1. The summed E-state index contributed by atoms with van der Waals surface area (Å²) < 4.78 is 1.91. The summed E-state index contributed by atoms with van der Waals surface area (Å²) in [5, 5.41) is 7.39. The first kappa shape index (κ1) is 18.9. The van der Waals surface area contributed by atoms with Crippen molar-refractivity contribution in [1.82, 2.24) is 20.1 Å². The summed E-state index contributed by atoms with van der Waals surface area (Å²) in [6.07, 6.45) is 6.47. The van der Waals surface area contributed by atoms with E-state index in [2.05, 4.69) is 15.4 Å². The number of fused-ring (bicyclic) bond motifs is 1. The summed E-state index contributed by atoms with van der Waals surface area (Å²) in [6.45, 7) is 1.30. The number of hydrogen-bond acceptors (Lipinski definition) is 4. The van der Waals surface area contributed by atoms with Crippen molar-refractivity contribution < 1.29 is 9.59 Å². The Bertz CT molecular complexity index is 1000. The molecule has 3 heterocycles. The standard InChI is InChI=1S/C22H23N5O2/c1-26(18-7-3-2-4-8-18)22(29)19-15-25-27-11-9-16(12-20(19)27)13-24-21(28)17-6-5-10-23-14-17/h2-8,10,14-16H,9,11-13H2,1H3,(H,24,28). The van der Waals surface area contributed by atoms with Crippen molar-refractivity contribution in [2.75, 3.05) is 18.5 Å². The van der Waals surface area contributed by atoms with Crippen LogP contribution in [0, 0.1) is 5.92 Å². The number of amides is 2. The van der Waals surface area contributed by atoms with E-state index in [1.165, 1.54) is 0 Å². The van der Waals surface area contributed by atoms with Crippen LogP contribution in [0.5, 0.6) is 0 Å². The van der Waals surface area contributed by atoms with Crippen molar-refractivity contribution in [2.45, 2.75) is 19.4 Å². The minimum absolute atomic E-state index is 0.0718. The third-order valence-corrected chi connectivity index (χ3v) is 5.33. The van der Waals surface area contributed by atoms with Crippen molar-refractivity contribution in [3.63, 3.8) is 0 Å². The minimum Gasteiger partial charge on any atom is -0.352 e. The Labute approximate surface area is 169 Å². The molecule has 2 aromatic heterocycles. The van der Waals surface area contributed by atoms with Gasteiger partial charge in [0.1, 0.15) is 0 Å². The molecule has 29 heavy (non-hydrogen) atoms. The number of rotatable bonds is 5. The number of anilines is 1. The van der Waals surface area contributed by atoms with Gasteiger partial charge in [-0.1, -0.05) is 18.2 Å². The van der Waals surface area contributed by atoms with Gasteiger partial charge < -0.3 is 10.2 Å². The Morgan fingerprint density at radius 1 is 1.17 bits per heavy atom. The molecule has 7 nitrogen and oxygen atoms in total. The van der Waals surface area contributed by atoms with Gasteiger partial charge in [-0.3, -0.25) is 19.3 Å². The number of pyridine rings is 1. The molecule has 0 fully saturated rings. The van der Waals surface area contributed by atoms with Crippen LogP contribution in [0.25, 0.3) is 0 Å². The molecule has 1 unspecified atom stereocenters. The molecule has 1 aliphatic heterocycles. The number of aromatic nitrogens is 3. The van der Waals surface area contributed by atoms with Gasteiger partial charge in [-0.2, -0.15) is 5.10 Å². The summed E-state index contributed by atoms with van der Waals surface area (Å²) >= 11 is 0. The summed E-state index contributed by atoms with van der Waals surface area (Å²) in [7, 11) is 1.77. The predicted octanol–water partition coefficient (Wildman–Crippen LogP) is 2.55. The van der Waals surface area contributed by atoms with Crippen LogP contribution in [-0.4, -0.2) is 40.2 Å². The van der Waals surface area contributed by atoms with Crippen LogP contribution in [0.3, 0.4) is 0 Å². The second kappa shape index (κ2) is 8.26. The molecule has 0 radical (unpaired) electrons. The van der Waals surface area contributed by atoms with Gasteiger partial charge in [0.05, 0.1) is 23.0 Å². The van der Waals surface area contributed by atoms with Crippen LogP contribution in [-0.2, 0) is 13.0 Å². The maximum Gasteiger partial charge on any atom is 0.261 e. The van der Waals surface area contributed by atoms with Crippen LogP contribution < -0.4 is 10.2 Å². The molecule has 0 saturated heterocycles. The molecule has 0 saturated carbocycles. The number of nitrogens with zero attached hydrogens (tertiary/aromatic N) is 4. The minimum atomic E-state index is -0.128. The van der Waals surface area contributed by atoms with E-state index in [9.17, 15) is 9.59 Å². The summed E-state index contributed by atoms with van der Waals surface area (Å²) in [5.74, 6) is 0.0585. The zero-order chi connectivity index (χ0) is 20.2. The van der Waals surface area contributed by atoms with E-state index in [1.54, 1.807) is 42.7 Å². The van der Waals surface area contributed by atoms with Crippen LogP contribution >= 0.6 is 0 Å². The number of carbonyl (C=O) groups is 2. The third-order valence-electron chi connectivity index (χ3n) is 5.33. The van der Waals surface area contributed by atoms with E-state index in [4.69, 9.17) is 0 Å². The molecule has 0 aliphatic carbocycles. The lowest BCUT2D eigenvalue weighted by Gasteiger charge is -2.25. The molecule has 148 valence electrons. The van der Waals surface area contributed by atoms with Crippen molar-refractivity contribution in [3.8, 4) is 0 Å². The lowest BCUT2D eigenvalue weighted by atomic mass is 9.94. The van der Waals surface area contributed by atoms with E-state index in [0.717, 1.165) is 24.3 Å². The lowest BCUT2D eigenvalue weighted by Crippen LogP contribution is -2.34. The number of carbonyl (C=O) groups excluding carboxylic acids is 2. The Kier molecular flexibility index (Phi) is 5.37. The van der Waals surface area contributed by atoms with Gasteiger partial charge in [-0.25, -0.2) is 0 Å². The quantitative estimate of drug-likeness (QED) is 0.727. The summed E-state index contributed by atoms with van der Waals surface area (Å²) in [5.41, 5.74) is 2.95. The average molecular weight is 389 g/mol. The number of hydrogen-bond donors (Lipinski definition) is 1. The molecular weight excluding hydrogens is 366 g/mol. The van der Waals surface area contributed by atoms with Gasteiger partial charge in [0.25, 0.3) is 11.8 Å². The zero-order valence-electron chi connectivity index (χ0n) is 16.3. The summed E-state index contributed by atoms with van der Waals surface area (Å²) in [6, 6.07) is 13.0. The summed E-state index contributed by atoms with van der Waals surface area (Å²) in [4.78, 5) is 30.9. The fourth-order valence-electron chi connectivity index (χ4n) is 3.64. The highest BCUT2D eigenvalue weighted by molar-refractivity contribution is 6.06. The van der Waals surface area contributed by atoms with Crippen molar-refractivity contribution in [2.24, 2.45) is 5.92 Å². The van der Waals surface area contributed by atoms with E-state index in [-0.39, 0.29) is 17.7 Å². The van der Waals surface area contributed by atoms with E-state index in [1.807, 2.05) is 35.0 Å². The third kappa shape index (κ3) is 4.03. The van der Waals surface area contributed by atoms with Crippen LogP contribution in [0.4, 0.5) is 5.69 Å². The van der Waals surface area contributed by atoms with Gasteiger partial charge >= 0.3 is 0 Å². The highest BCUT2D eigenvalue weighted by Crippen LogP contribution is 2.25. The van der Waals surface area contributed by atoms with Gasteiger partial charge in [0.2, 0.25) is 0 Å². The van der Waals surface area contributed by atoms with Gasteiger partial charge in [-0.15, -0.1) is 0 Å². The van der Waals surface area contributed by atoms with Crippen molar-refractivity contribution in [3.05, 3.63) is 77.9 Å². The molecule has 1 atom stereocenters. The number of aryl methyl sites for hydroxylation is 1. The first-order chi connectivity index (χ1) is 14.1. The maximum atomic E-state index is 13.0. The van der Waals surface area contributed by atoms with Crippen molar-refractivity contribution >= 4 is 17.5 Å². The molecule has 7 heteroatoms. The Hall–Kier alpha value is -3.48. The normalized spacial score (nSPS) is 15.4. The lowest BCUT2D eigenvalue weighted by molar-refractivity contribution is 0.0941. The predicted molar refractivity (Wildman–Crippen MR) is 110 cm³/mol. The van der Waals surface area contributed by atoms with Crippen LogP contribution in [0.1, 0.15) is 32.8 Å². The second-order valence-corrected chi connectivity index (χ2v) is 7.24. The fourth-order valence-corrected chi connectivity index (χ4v) is 3.64. The van der Waals surface area contributed by atoms with E-state index < -0.39 is 0 Å². The molecule has 2 amide bonds. The molecule has 4 rings (SSSR count). The van der Waals surface area contributed by atoms with E-state index >= 15 is 0 Å². The molecule has 1 aromatic carbocycles. The molecule has 0 spiro atoms. The molecule has 0 bridgehead atoms. The van der Waals surface area contributed by atoms with Gasteiger partial charge in [-0.05, 0) is 43.0 Å². The highest BCUT2D eigenvalue weighted by Gasteiger charge is 2.27. The monoisotopic (exact) mass is 389 g/mol. The second-order valence-electron chi connectivity index (χ2n) is 7.24. The highest BCUT2D eigenvalue weighted by atomic mass is 16.2. The first-order valence-electron chi connectivity index (χ1n) is 9.69. The number of nitrogens with one attached hydrogen (secondary N) is 1. The van der Waals surface area contributed by atoms with Crippen molar-refractivity contribution in [1.29, 1.82) is 0 Å². The maximum absolute atomic E-state index is 13.0.